The highest BCUT2D eigenvalue weighted by atomic mass is 35.5. The van der Waals surface area contributed by atoms with Gasteiger partial charge in [0.1, 0.15) is 5.88 Å². The van der Waals surface area contributed by atoms with Crippen molar-refractivity contribution in [2.24, 2.45) is 0 Å². The molecule has 2 aromatic carbocycles. The van der Waals surface area contributed by atoms with E-state index in [0.29, 0.717) is 29.2 Å². The molecule has 0 heterocycles. The summed E-state index contributed by atoms with van der Waals surface area (Å²) in [6.45, 7) is 2.16. The molecule has 2 aromatic rings. The molecular weight excluding hydrogens is 334 g/mol. The average Bonchev–Trinajstić information content (AvgIpc) is 2.54. The van der Waals surface area contributed by atoms with Crippen LogP contribution in [0.3, 0.4) is 0 Å². The third kappa shape index (κ3) is 4.56. The first kappa shape index (κ1) is 17.5. The lowest BCUT2D eigenvalue weighted by molar-refractivity contribution is 0.0988. The number of thiol groups is 1. The third-order valence-corrected chi connectivity index (χ3v) is 4.41. The predicted molar refractivity (Wildman–Crippen MR) is 93.9 cm³/mol. The first-order valence-corrected chi connectivity index (χ1v) is 8.99. The quantitative estimate of drug-likeness (QED) is 0.612. The first-order valence-electron chi connectivity index (χ1n) is 7.25. The van der Waals surface area contributed by atoms with Gasteiger partial charge in [0, 0.05) is 18.5 Å². The van der Waals surface area contributed by atoms with Gasteiger partial charge in [0.2, 0.25) is 0 Å². The molecule has 23 heavy (non-hydrogen) atoms. The SMILES string of the molecule is CCC(=O)c1cccc(N(Cc2ccccc2)C[SH](=O)=O)c1Cl. The Morgan fingerprint density at radius 2 is 1.78 bits per heavy atom. The number of carbonyl (C=O) groups is 1. The lowest BCUT2D eigenvalue weighted by atomic mass is 10.1. The predicted octanol–water partition coefficient (Wildman–Crippen LogP) is 3.51. The summed E-state index contributed by atoms with van der Waals surface area (Å²) in [6.07, 6.45) is 0.345. The van der Waals surface area contributed by atoms with Gasteiger partial charge in [-0.05, 0) is 17.7 Å². The van der Waals surface area contributed by atoms with Crippen molar-refractivity contribution in [3.63, 3.8) is 0 Å². The van der Waals surface area contributed by atoms with Crippen molar-refractivity contribution < 1.29 is 13.2 Å². The molecule has 0 aliphatic heterocycles. The van der Waals surface area contributed by atoms with Gasteiger partial charge in [0.15, 0.2) is 16.5 Å². The van der Waals surface area contributed by atoms with Crippen LogP contribution >= 0.6 is 11.6 Å². The maximum atomic E-state index is 12.0. The molecule has 0 saturated heterocycles. The van der Waals surface area contributed by atoms with Crippen molar-refractivity contribution in [2.75, 3.05) is 10.8 Å². The Kier molecular flexibility index (Phi) is 6.19. The van der Waals surface area contributed by atoms with E-state index in [1.54, 1.807) is 30.0 Å². The fourth-order valence-corrected chi connectivity index (χ4v) is 3.21. The molecule has 0 bridgehead atoms. The Morgan fingerprint density at radius 1 is 1.09 bits per heavy atom. The number of Topliss-reactive ketones (excluding diaryl/α,β-unsaturated/α-hetero) is 1. The van der Waals surface area contributed by atoms with Gasteiger partial charge in [0.25, 0.3) is 0 Å². The van der Waals surface area contributed by atoms with Gasteiger partial charge in [-0.15, -0.1) is 0 Å². The number of halogens is 1. The zero-order valence-corrected chi connectivity index (χ0v) is 14.4. The molecule has 0 amide bonds. The summed E-state index contributed by atoms with van der Waals surface area (Å²) in [7, 11) is -2.62. The molecule has 122 valence electrons. The molecule has 4 nitrogen and oxygen atoms in total. The summed E-state index contributed by atoms with van der Waals surface area (Å²) >= 11 is 6.37. The van der Waals surface area contributed by atoms with Gasteiger partial charge in [-0.25, -0.2) is 8.42 Å². The van der Waals surface area contributed by atoms with E-state index in [4.69, 9.17) is 11.6 Å². The molecule has 0 atom stereocenters. The summed E-state index contributed by atoms with van der Waals surface area (Å²) in [5.41, 5.74) is 1.94. The summed E-state index contributed by atoms with van der Waals surface area (Å²) in [5.74, 6) is -0.226. The van der Waals surface area contributed by atoms with Crippen LogP contribution in [0.4, 0.5) is 5.69 Å². The highest BCUT2D eigenvalue weighted by Crippen LogP contribution is 2.31. The Bertz CT molecular complexity index is 752. The number of hydrogen-bond donors (Lipinski definition) is 1. The van der Waals surface area contributed by atoms with Crippen LogP contribution in [0.25, 0.3) is 0 Å². The van der Waals surface area contributed by atoms with Gasteiger partial charge in [-0.2, -0.15) is 0 Å². The fraction of sp³-hybridized carbons (Fsp3) is 0.235. The van der Waals surface area contributed by atoms with Crippen LogP contribution in [0.1, 0.15) is 29.3 Å². The van der Waals surface area contributed by atoms with E-state index in [-0.39, 0.29) is 11.7 Å². The van der Waals surface area contributed by atoms with Crippen molar-refractivity contribution in [3.8, 4) is 0 Å². The van der Waals surface area contributed by atoms with Gasteiger partial charge in [0.05, 0.1) is 10.7 Å². The van der Waals surface area contributed by atoms with Crippen molar-refractivity contribution in [3.05, 3.63) is 64.7 Å². The Morgan fingerprint density at radius 3 is 2.39 bits per heavy atom. The zero-order valence-electron chi connectivity index (χ0n) is 12.7. The molecule has 0 N–H and O–H groups in total. The largest absolute Gasteiger partial charge is 0.352 e. The topological polar surface area (TPSA) is 54.5 Å². The smallest absolute Gasteiger partial charge is 0.164 e. The minimum absolute atomic E-state index is 0.0666. The summed E-state index contributed by atoms with van der Waals surface area (Å²) < 4.78 is 22.5. The number of nitrogens with zero attached hydrogens (tertiary/aromatic N) is 1. The second-order valence-electron chi connectivity index (χ2n) is 5.07. The average molecular weight is 352 g/mol. The van der Waals surface area contributed by atoms with Crippen LogP contribution < -0.4 is 4.90 Å². The van der Waals surface area contributed by atoms with Gasteiger partial charge in [-0.3, -0.25) is 4.79 Å². The minimum Gasteiger partial charge on any atom is -0.352 e. The van der Waals surface area contributed by atoms with E-state index in [2.05, 4.69) is 0 Å². The highest BCUT2D eigenvalue weighted by Gasteiger charge is 2.17. The van der Waals surface area contributed by atoms with Crippen LogP contribution in [-0.4, -0.2) is 20.1 Å². The lowest BCUT2D eigenvalue weighted by Gasteiger charge is -2.24. The summed E-state index contributed by atoms with van der Waals surface area (Å²) in [5, 5.41) is 0.298. The second-order valence-corrected chi connectivity index (χ2v) is 6.40. The number of hydrogen-bond acceptors (Lipinski definition) is 4. The zero-order chi connectivity index (χ0) is 16.8. The van der Waals surface area contributed by atoms with Crippen molar-refractivity contribution in [1.82, 2.24) is 0 Å². The molecule has 0 radical (unpaired) electrons. The van der Waals surface area contributed by atoms with Crippen LogP contribution in [0, 0.1) is 0 Å². The van der Waals surface area contributed by atoms with E-state index in [1.807, 2.05) is 30.3 Å². The molecule has 0 fully saturated rings. The van der Waals surface area contributed by atoms with Crippen LogP contribution in [0.2, 0.25) is 5.02 Å². The second kappa shape index (κ2) is 8.13. The number of anilines is 1. The van der Waals surface area contributed by atoms with E-state index in [0.717, 1.165) is 5.56 Å². The summed E-state index contributed by atoms with van der Waals surface area (Å²) in [6, 6.07) is 14.6. The standard InChI is InChI=1S/C17H18ClNO3S/c1-2-16(20)14-9-6-10-15(17(14)18)19(12-23(21)22)11-13-7-4-3-5-8-13/h3-10,23H,2,11-12H2,1H3. The van der Waals surface area contributed by atoms with Gasteiger partial charge < -0.3 is 4.90 Å². The van der Waals surface area contributed by atoms with Crippen molar-refractivity contribution in [1.29, 1.82) is 0 Å². The minimum atomic E-state index is -2.62. The first-order chi connectivity index (χ1) is 11.0. The van der Waals surface area contributed by atoms with Crippen molar-refractivity contribution in [2.45, 2.75) is 19.9 Å². The van der Waals surface area contributed by atoms with Crippen LogP contribution in [0.5, 0.6) is 0 Å². The molecule has 0 aliphatic carbocycles. The highest BCUT2D eigenvalue weighted by molar-refractivity contribution is 7.72. The molecule has 0 aliphatic rings. The Balaban J connectivity index is 2.41. The summed E-state index contributed by atoms with van der Waals surface area (Å²) in [4.78, 5) is 13.6. The van der Waals surface area contributed by atoms with E-state index in [1.165, 1.54) is 0 Å². The van der Waals surface area contributed by atoms with E-state index in [9.17, 15) is 13.2 Å². The molecule has 6 heteroatoms. The number of carbonyl (C=O) groups excluding carboxylic acids is 1. The monoisotopic (exact) mass is 351 g/mol. The normalized spacial score (nSPS) is 10.7. The van der Waals surface area contributed by atoms with E-state index < -0.39 is 10.7 Å². The van der Waals surface area contributed by atoms with Gasteiger partial charge in [-0.1, -0.05) is 54.9 Å². The van der Waals surface area contributed by atoms with Gasteiger partial charge >= 0.3 is 0 Å². The molecule has 0 saturated carbocycles. The Hall–Kier alpha value is -1.85. The molecule has 0 spiro atoms. The van der Waals surface area contributed by atoms with Crippen molar-refractivity contribution >= 4 is 33.8 Å². The van der Waals surface area contributed by atoms with E-state index >= 15 is 0 Å². The molecule has 0 unspecified atom stereocenters. The molecular formula is C17H18ClNO3S. The third-order valence-electron chi connectivity index (χ3n) is 3.44. The van der Waals surface area contributed by atoms with Crippen LogP contribution in [0.15, 0.2) is 48.5 Å². The maximum absolute atomic E-state index is 12.0. The number of ketones is 1. The lowest BCUT2D eigenvalue weighted by Crippen LogP contribution is -2.25. The fourth-order valence-electron chi connectivity index (χ4n) is 2.32. The number of benzene rings is 2. The van der Waals surface area contributed by atoms with Crippen LogP contribution in [-0.2, 0) is 17.2 Å². The molecule has 2 rings (SSSR count). The Labute approximate surface area is 142 Å². The maximum Gasteiger partial charge on any atom is 0.164 e. The molecule has 0 aromatic heterocycles. The number of rotatable bonds is 7.